The van der Waals surface area contributed by atoms with Crippen LogP contribution < -0.4 is 0 Å². The summed E-state index contributed by atoms with van der Waals surface area (Å²) in [6.45, 7) is 10.3. The van der Waals surface area contributed by atoms with Crippen LogP contribution in [-0.4, -0.2) is 53.8 Å². The zero-order chi connectivity index (χ0) is 14.7. The SMILES string of the molecule is CCN(CC)CCCCN(CCC#N)C(=O)C(C)Cl. The molecule has 0 saturated carbocycles. The number of carbonyl (C=O) groups is 1. The van der Waals surface area contributed by atoms with Crippen LogP contribution in [0.4, 0.5) is 0 Å². The Hall–Kier alpha value is -0.790. The quantitative estimate of drug-likeness (QED) is 0.458. The Morgan fingerprint density at radius 2 is 1.79 bits per heavy atom. The number of hydrogen-bond acceptors (Lipinski definition) is 3. The fraction of sp³-hybridized carbons (Fsp3) is 0.857. The molecule has 0 aromatic carbocycles. The van der Waals surface area contributed by atoms with Gasteiger partial charge in [-0.2, -0.15) is 5.26 Å². The Kier molecular flexibility index (Phi) is 10.6. The van der Waals surface area contributed by atoms with E-state index in [1.807, 2.05) is 0 Å². The van der Waals surface area contributed by atoms with Gasteiger partial charge in [0.1, 0.15) is 5.38 Å². The van der Waals surface area contributed by atoms with Gasteiger partial charge in [0.25, 0.3) is 0 Å². The first kappa shape index (κ1) is 18.2. The molecule has 0 aliphatic heterocycles. The largest absolute Gasteiger partial charge is 0.340 e. The Morgan fingerprint density at radius 3 is 2.26 bits per heavy atom. The van der Waals surface area contributed by atoms with Gasteiger partial charge in [0.15, 0.2) is 0 Å². The first-order valence-electron chi connectivity index (χ1n) is 7.08. The molecule has 0 fully saturated rings. The second-order valence-corrected chi connectivity index (χ2v) is 5.24. The van der Waals surface area contributed by atoms with Crippen LogP contribution in [0.2, 0.25) is 0 Å². The average Bonchev–Trinajstić information content (AvgIpc) is 2.41. The highest BCUT2D eigenvalue weighted by Gasteiger charge is 2.17. The molecular formula is C14H26ClN3O. The maximum absolute atomic E-state index is 11.9. The molecule has 0 aromatic heterocycles. The predicted octanol–water partition coefficient (Wildman–Crippen LogP) is 2.48. The molecule has 0 radical (unpaired) electrons. The van der Waals surface area contributed by atoms with Crippen LogP contribution in [0.15, 0.2) is 0 Å². The van der Waals surface area contributed by atoms with Crippen molar-refractivity contribution in [2.24, 2.45) is 0 Å². The lowest BCUT2D eigenvalue weighted by molar-refractivity contribution is -0.130. The van der Waals surface area contributed by atoms with Crippen LogP contribution in [0, 0.1) is 11.3 Å². The van der Waals surface area contributed by atoms with Crippen molar-refractivity contribution in [2.75, 3.05) is 32.7 Å². The van der Waals surface area contributed by atoms with Gasteiger partial charge >= 0.3 is 0 Å². The third-order valence-corrected chi connectivity index (χ3v) is 3.38. The molecule has 0 bridgehead atoms. The highest BCUT2D eigenvalue weighted by atomic mass is 35.5. The van der Waals surface area contributed by atoms with Crippen molar-refractivity contribution in [1.29, 1.82) is 5.26 Å². The van der Waals surface area contributed by atoms with E-state index in [1.54, 1.807) is 11.8 Å². The number of nitriles is 1. The van der Waals surface area contributed by atoms with Crippen LogP contribution in [0.1, 0.15) is 40.0 Å². The Labute approximate surface area is 122 Å². The lowest BCUT2D eigenvalue weighted by Gasteiger charge is -2.24. The number of alkyl halides is 1. The third kappa shape index (κ3) is 8.07. The van der Waals surface area contributed by atoms with E-state index in [0.29, 0.717) is 19.5 Å². The van der Waals surface area contributed by atoms with Gasteiger partial charge in [0.05, 0.1) is 12.5 Å². The van der Waals surface area contributed by atoms with E-state index in [1.165, 1.54) is 0 Å². The second kappa shape index (κ2) is 11.1. The Morgan fingerprint density at radius 1 is 1.21 bits per heavy atom. The van der Waals surface area contributed by atoms with Crippen LogP contribution >= 0.6 is 11.6 Å². The van der Waals surface area contributed by atoms with Gasteiger partial charge < -0.3 is 9.80 Å². The van der Waals surface area contributed by atoms with Gasteiger partial charge in [0.2, 0.25) is 5.91 Å². The molecule has 0 rings (SSSR count). The van der Waals surface area contributed by atoms with Crippen LogP contribution in [0.25, 0.3) is 0 Å². The number of amides is 1. The third-order valence-electron chi connectivity index (χ3n) is 3.19. The van der Waals surface area contributed by atoms with Crippen molar-refractivity contribution >= 4 is 17.5 Å². The molecular weight excluding hydrogens is 262 g/mol. The van der Waals surface area contributed by atoms with Gasteiger partial charge in [-0.3, -0.25) is 4.79 Å². The van der Waals surface area contributed by atoms with Gasteiger partial charge in [-0.15, -0.1) is 11.6 Å². The zero-order valence-electron chi connectivity index (χ0n) is 12.4. The summed E-state index contributed by atoms with van der Waals surface area (Å²) in [6.07, 6.45) is 2.39. The van der Waals surface area contributed by atoms with Gasteiger partial charge in [-0.1, -0.05) is 13.8 Å². The maximum atomic E-state index is 11.9. The van der Waals surface area contributed by atoms with E-state index in [0.717, 1.165) is 32.5 Å². The van der Waals surface area contributed by atoms with E-state index in [9.17, 15) is 4.79 Å². The summed E-state index contributed by atoms with van der Waals surface area (Å²) in [7, 11) is 0. The summed E-state index contributed by atoms with van der Waals surface area (Å²) in [5, 5.41) is 8.10. The molecule has 4 nitrogen and oxygen atoms in total. The van der Waals surface area contributed by atoms with Crippen LogP contribution in [0.5, 0.6) is 0 Å². The van der Waals surface area contributed by atoms with Crippen LogP contribution in [0.3, 0.4) is 0 Å². The molecule has 5 heteroatoms. The normalized spacial score (nSPS) is 12.2. The molecule has 0 spiro atoms. The highest BCUT2D eigenvalue weighted by molar-refractivity contribution is 6.30. The lowest BCUT2D eigenvalue weighted by Crippen LogP contribution is -2.37. The zero-order valence-corrected chi connectivity index (χ0v) is 13.1. The molecule has 1 atom stereocenters. The summed E-state index contributed by atoms with van der Waals surface area (Å²) < 4.78 is 0. The summed E-state index contributed by atoms with van der Waals surface area (Å²) >= 11 is 5.83. The fourth-order valence-electron chi connectivity index (χ4n) is 1.95. The smallest absolute Gasteiger partial charge is 0.240 e. The van der Waals surface area contributed by atoms with Gasteiger partial charge in [-0.25, -0.2) is 0 Å². The van der Waals surface area contributed by atoms with Crippen LogP contribution in [-0.2, 0) is 4.79 Å². The highest BCUT2D eigenvalue weighted by Crippen LogP contribution is 2.05. The Bertz CT molecular complexity index is 285. The summed E-state index contributed by atoms with van der Waals surface area (Å²) in [6, 6.07) is 2.07. The molecule has 19 heavy (non-hydrogen) atoms. The molecule has 0 aliphatic rings. The molecule has 0 aromatic rings. The number of hydrogen-bond donors (Lipinski definition) is 0. The monoisotopic (exact) mass is 287 g/mol. The maximum Gasteiger partial charge on any atom is 0.240 e. The second-order valence-electron chi connectivity index (χ2n) is 4.58. The van der Waals surface area contributed by atoms with Gasteiger partial charge in [0, 0.05) is 13.1 Å². The summed E-state index contributed by atoms with van der Waals surface area (Å²) in [5.41, 5.74) is 0. The fourth-order valence-corrected chi connectivity index (χ4v) is 2.08. The van der Waals surface area contributed by atoms with E-state index in [2.05, 4.69) is 24.8 Å². The minimum absolute atomic E-state index is 0.0697. The molecule has 0 aliphatic carbocycles. The first-order chi connectivity index (χ1) is 9.06. The molecule has 1 unspecified atom stereocenters. The van der Waals surface area contributed by atoms with Crippen molar-refractivity contribution in [3.8, 4) is 6.07 Å². The minimum Gasteiger partial charge on any atom is -0.340 e. The molecule has 0 N–H and O–H groups in total. The number of carbonyl (C=O) groups excluding carboxylic acids is 1. The van der Waals surface area contributed by atoms with E-state index >= 15 is 0 Å². The van der Waals surface area contributed by atoms with E-state index in [4.69, 9.17) is 16.9 Å². The first-order valence-corrected chi connectivity index (χ1v) is 7.52. The Balaban J connectivity index is 4.06. The number of rotatable bonds is 10. The molecule has 0 heterocycles. The topological polar surface area (TPSA) is 47.3 Å². The minimum atomic E-state index is -0.513. The van der Waals surface area contributed by atoms with Crippen molar-refractivity contribution < 1.29 is 4.79 Å². The molecule has 110 valence electrons. The molecule has 0 saturated heterocycles. The van der Waals surface area contributed by atoms with E-state index < -0.39 is 5.38 Å². The standard InChI is InChI=1S/C14H26ClN3O/c1-4-17(5-2)10-6-7-11-18(12-8-9-16)14(19)13(3)15/h13H,4-8,10-12H2,1-3H3. The summed E-state index contributed by atoms with van der Waals surface area (Å²) in [5.74, 6) is -0.0697. The van der Waals surface area contributed by atoms with Crippen molar-refractivity contribution in [2.45, 2.75) is 45.4 Å². The van der Waals surface area contributed by atoms with Gasteiger partial charge in [-0.05, 0) is 39.4 Å². The van der Waals surface area contributed by atoms with E-state index in [-0.39, 0.29) is 5.91 Å². The average molecular weight is 288 g/mol. The molecule has 1 amide bonds. The van der Waals surface area contributed by atoms with Crippen molar-refractivity contribution in [1.82, 2.24) is 9.80 Å². The summed E-state index contributed by atoms with van der Waals surface area (Å²) in [4.78, 5) is 15.9. The number of unbranched alkanes of at least 4 members (excludes halogenated alkanes) is 1. The lowest BCUT2D eigenvalue weighted by atomic mass is 10.2. The number of nitrogens with zero attached hydrogens (tertiary/aromatic N) is 3. The predicted molar refractivity (Wildman–Crippen MR) is 79.1 cm³/mol. The van der Waals surface area contributed by atoms with Crippen molar-refractivity contribution in [3.05, 3.63) is 0 Å². The van der Waals surface area contributed by atoms with Crippen molar-refractivity contribution in [3.63, 3.8) is 0 Å². The number of halogens is 1.